The molecule has 0 saturated heterocycles. The largest absolute Gasteiger partial charge is 0.443 e. The standard InChI is InChI=1S/C10H11NO.C2H6/c1-7(2)8-4-3-5-9-10(8)12-6-11-9;1-2/h3-7H,1-2H3;1-2H3. The molecule has 2 rings (SSSR count). The van der Waals surface area contributed by atoms with Crippen LogP contribution in [0.2, 0.25) is 0 Å². The van der Waals surface area contributed by atoms with E-state index in [0.29, 0.717) is 5.92 Å². The molecule has 0 radical (unpaired) electrons. The number of aromatic nitrogens is 1. The van der Waals surface area contributed by atoms with E-state index in [2.05, 4.69) is 24.9 Å². The Morgan fingerprint density at radius 1 is 1.21 bits per heavy atom. The molecule has 0 aliphatic heterocycles. The molecule has 0 amide bonds. The maximum Gasteiger partial charge on any atom is 0.181 e. The maximum atomic E-state index is 5.30. The van der Waals surface area contributed by atoms with E-state index in [4.69, 9.17) is 4.42 Å². The highest BCUT2D eigenvalue weighted by molar-refractivity contribution is 5.76. The molecule has 1 aromatic carbocycles. The molecule has 76 valence electrons. The Morgan fingerprint density at radius 3 is 2.57 bits per heavy atom. The summed E-state index contributed by atoms with van der Waals surface area (Å²) in [7, 11) is 0. The topological polar surface area (TPSA) is 26.0 Å². The van der Waals surface area contributed by atoms with Gasteiger partial charge < -0.3 is 4.42 Å². The van der Waals surface area contributed by atoms with Crippen molar-refractivity contribution in [1.29, 1.82) is 0 Å². The number of para-hydroxylation sites is 1. The highest BCUT2D eigenvalue weighted by atomic mass is 16.3. The molecule has 14 heavy (non-hydrogen) atoms. The minimum atomic E-state index is 0.488. The van der Waals surface area contributed by atoms with Crippen molar-refractivity contribution in [2.45, 2.75) is 33.6 Å². The van der Waals surface area contributed by atoms with E-state index in [1.165, 1.54) is 12.0 Å². The van der Waals surface area contributed by atoms with Gasteiger partial charge in [0.25, 0.3) is 0 Å². The Labute approximate surface area is 85.0 Å². The summed E-state index contributed by atoms with van der Waals surface area (Å²) in [5.74, 6) is 0.488. The van der Waals surface area contributed by atoms with Gasteiger partial charge in [-0.3, -0.25) is 0 Å². The van der Waals surface area contributed by atoms with Crippen LogP contribution < -0.4 is 0 Å². The fourth-order valence-corrected chi connectivity index (χ4v) is 1.36. The molecule has 0 aliphatic rings. The van der Waals surface area contributed by atoms with Gasteiger partial charge >= 0.3 is 0 Å². The third-order valence-electron chi connectivity index (χ3n) is 2.01. The molecule has 2 aromatic rings. The van der Waals surface area contributed by atoms with Crippen LogP contribution in [0.5, 0.6) is 0 Å². The third kappa shape index (κ3) is 1.95. The summed E-state index contributed by atoms with van der Waals surface area (Å²) in [5, 5.41) is 0. The third-order valence-corrected chi connectivity index (χ3v) is 2.01. The Balaban J connectivity index is 0.000000461. The van der Waals surface area contributed by atoms with Crippen LogP contribution in [-0.4, -0.2) is 4.98 Å². The van der Waals surface area contributed by atoms with Gasteiger partial charge in [0, 0.05) is 0 Å². The molecular formula is C12H17NO. The average molecular weight is 191 g/mol. The first-order valence-electron chi connectivity index (χ1n) is 5.11. The van der Waals surface area contributed by atoms with E-state index in [-0.39, 0.29) is 0 Å². The SMILES string of the molecule is CC.CC(C)c1cccc2ncoc12. The smallest absolute Gasteiger partial charge is 0.181 e. The van der Waals surface area contributed by atoms with E-state index in [1.54, 1.807) is 0 Å². The number of rotatable bonds is 1. The van der Waals surface area contributed by atoms with Gasteiger partial charge in [-0.05, 0) is 17.5 Å². The van der Waals surface area contributed by atoms with Crippen LogP contribution in [0.25, 0.3) is 11.1 Å². The number of oxazole rings is 1. The maximum absolute atomic E-state index is 5.30. The summed E-state index contributed by atoms with van der Waals surface area (Å²) in [5.41, 5.74) is 3.10. The van der Waals surface area contributed by atoms with Gasteiger partial charge in [-0.1, -0.05) is 39.8 Å². The molecule has 0 aliphatic carbocycles. The average Bonchev–Trinajstić information content (AvgIpc) is 2.67. The van der Waals surface area contributed by atoms with Gasteiger partial charge in [0.2, 0.25) is 0 Å². The van der Waals surface area contributed by atoms with E-state index >= 15 is 0 Å². The molecule has 0 saturated carbocycles. The van der Waals surface area contributed by atoms with Gasteiger partial charge in [-0.15, -0.1) is 0 Å². The molecule has 2 heteroatoms. The summed E-state index contributed by atoms with van der Waals surface area (Å²) < 4.78 is 5.30. The molecule has 1 heterocycles. The van der Waals surface area contributed by atoms with E-state index in [9.17, 15) is 0 Å². The van der Waals surface area contributed by atoms with Crippen LogP contribution in [0, 0.1) is 0 Å². The quantitative estimate of drug-likeness (QED) is 0.681. The van der Waals surface area contributed by atoms with Crippen molar-refractivity contribution >= 4 is 11.1 Å². The summed E-state index contributed by atoms with van der Waals surface area (Å²) in [4.78, 5) is 4.10. The lowest BCUT2D eigenvalue weighted by Crippen LogP contribution is -1.86. The normalized spacial score (nSPS) is 10.1. The molecule has 2 nitrogen and oxygen atoms in total. The summed E-state index contributed by atoms with van der Waals surface area (Å²) in [6, 6.07) is 6.06. The van der Waals surface area contributed by atoms with Crippen LogP contribution in [0.3, 0.4) is 0 Å². The highest BCUT2D eigenvalue weighted by Gasteiger charge is 2.07. The Kier molecular flexibility index (Phi) is 3.69. The molecule has 0 atom stereocenters. The fourth-order valence-electron chi connectivity index (χ4n) is 1.36. The highest BCUT2D eigenvalue weighted by Crippen LogP contribution is 2.23. The van der Waals surface area contributed by atoms with Crippen molar-refractivity contribution in [2.24, 2.45) is 0 Å². The summed E-state index contributed by atoms with van der Waals surface area (Å²) >= 11 is 0. The second kappa shape index (κ2) is 4.80. The van der Waals surface area contributed by atoms with Crippen molar-refractivity contribution < 1.29 is 4.42 Å². The lowest BCUT2D eigenvalue weighted by molar-refractivity contribution is 0.594. The molecule has 0 bridgehead atoms. The first-order chi connectivity index (χ1) is 6.79. The van der Waals surface area contributed by atoms with Gasteiger partial charge in [0.05, 0.1) is 0 Å². The van der Waals surface area contributed by atoms with Crippen molar-refractivity contribution in [3.63, 3.8) is 0 Å². The number of benzene rings is 1. The lowest BCUT2D eigenvalue weighted by atomic mass is 10.0. The van der Waals surface area contributed by atoms with Gasteiger partial charge in [0.15, 0.2) is 12.0 Å². The van der Waals surface area contributed by atoms with E-state index < -0.39 is 0 Å². The number of hydrogen-bond acceptors (Lipinski definition) is 2. The minimum absolute atomic E-state index is 0.488. The van der Waals surface area contributed by atoms with Crippen LogP contribution >= 0.6 is 0 Å². The van der Waals surface area contributed by atoms with Gasteiger partial charge in [-0.2, -0.15) is 0 Å². The Morgan fingerprint density at radius 2 is 1.93 bits per heavy atom. The predicted molar refractivity (Wildman–Crippen MR) is 59.4 cm³/mol. The second-order valence-electron chi connectivity index (χ2n) is 3.20. The van der Waals surface area contributed by atoms with Gasteiger partial charge in [0.1, 0.15) is 5.52 Å². The summed E-state index contributed by atoms with van der Waals surface area (Å²) in [6.45, 7) is 8.30. The van der Waals surface area contributed by atoms with E-state index in [1.807, 2.05) is 26.0 Å². The van der Waals surface area contributed by atoms with Crippen LogP contribution in [0.15, 0.2) is 29.0 Å². The number of nitrogens with zero attached hydrogens (tertiary/aromatic N) is 1. The summed E-state index contributed by atoms with van der Waals surface area (Å²) in [6.07, 6.45) is 1.50. The zero-order valence-corrected chi connectivity index (χ0v) is 9.24. The first kappa shape index (κ1) is 10.8. The number of hydrogen-bond donors (Lipinski definition) is 0. The Hall–Kier alpha value is -1.31. The van der Waals surface area contributed by atoms with Crippen molar-refractivity contribution in [1.82, 2.24) is 4.98 Å². The molecule has 0 spiro atoms. The van der Waals surface area contributed by atoms with Crippen molar-refractivity contribution in [3.8, 4) is 0 Å². The van der Waals surface area contributed by atoms with Crippen LogP contribution in [0.1, 0.15) is 39.2 Å². The van der Waals surface area contributed by atoms with Crippen molar-refractivity contribution in [2.75, 3.05) is 0 Å². The monoisotopic (exact) mass is 191 g/mol. The first-order valence-corrected chi connectivity index (χ1v) is 5.11. The molecule has 0 unspecified atom stereocenters. The van der Waals surface area contributed by atoms with Gasteiger partial charge in [-0.25, -0.2) is 4.98 Å². The lowest BCUT2D eigenvalue weighted by Gasteiger charge is -2.03. The Bertz CT molecular complexity index is 390. The molecule has 0 N–H and O–H groups in total. The predicted octanol–water partition coefficient (Wildman–Crippen LogP) is 3.98. The molecular weight excluding hydrogens is 174 g/mol. The second-order valence-corrected chi connectivity index (χ2v) is 3.20. The fraction of sp³-hybridized carbons (Fsp3) is 0.417. The number of fused-ring (bicyclic) bond motifs is 1. The van der Waals surface area contributed by atoms with Crippen LogP contribution in [-0.2, 0) is 0 Å². The molecule has 0 fully saturated rings. The zero-order chi connectivity index (χ0) is 10.6. The minimum Gasteiger partial charge on any atom is -0.443 e. The van der Waals surface area contributed by atoms with Crippen molar-refractivity contribution in [3.05, 3.63) is 30.2 Å². The zero-order valence-electron chi connectivity index (χ0n) is 9.24. The van der Waals surface area contributed by atoms with E-state index in [0.717, 1.165) is 11.1 Å². The molecule has 1 aromatic heterocycles. The van der Waals surface area contributed by atoms with Crippen LogP contribution in [0.4, 0.5) is 0 Å².